The van der Waals surface area contributed by atoms with Gasteiger partial charge in [-0.25, -0.2) is 4.79 Å². The molecule has 114 valence electrons. The lowest BCUT2D eigenvalue weighted by molar-refractivity contribution is -0.139. The van der Waals surface area contributed by atoms with E-state index >= 15 is 0 Å². The van der Waals surface area contributed by atoms with Crippen LogP contribution in [-0.4, -0.2) is 48.9 Å². The molecule has 2 amide bonds. The summed E-state index contributed by atoms with van der Waals surface area (Å²) in [6.45, 7) is 9.94. The van der Waals surface area contributed by atoms with Gasteiger partial charge in [0.2, 0.25) is 11.8 Å². The fraction of sp³-hybridized carbons (Fsp3) is 0.643. The zero-order valence-corrected chi connectivity index (χ0v) is 12.5. The Kier molecular flexibility index (Phi) is 9.07. The van der Waals surface area contributed by atoms with E-state index in [9.17, 15) is 14.4 Å². The van der Waals surface area contributed by atoms with Crippen LogP contribution in [0.2, 0.25) is 0 Å². The van der Waals surface area contributed by atoms with Crippen LogP contribution in [0.3, 0.4) is 0 Å². The van der Waals surface area contributed by atoms with Crippen molar-refractivity contribution in [2.45, 2.75) is 33.6 Å². The van der Waals surface area contributed by atoms with Gasteiger partial charge in [-0.2, -0.15) is 0 Å². The Balaban J connectivity index is 3.86. The maximum absolute atomic E-state index is 11.4. The van der Waals surface area contributed by atoms with Gasteiger partial charge in [-0.3, -0.25) is 9.59 Å². The third-order valence-electron chi connectivity index (χ3n) is 2.58. The van der Waals surface area contributed by atoms with Crippen LogP contribution in [0.1, 0.15) is 33.6 Å². The highest BCUT2D eigenvalue weighted by Gasteiger charge is 2.09. The zero-order valence-electron chi connectivity index (χ0n) is 12.5. The van der Waals surface area contributed by atoms with E-state index in [1.807, 2.05) is 0 Å². The predicted molar refractivity (Wildman–Crippen MR) is 75.9 cm³/mol. The second kappa shape index (κ2) is 10.00. The number of hydrogen-bond donors (Lipinski definition) is 1. The minimum Gasteiger partial charge on any atom is -0.462 e. The van der Waals surface area contributed by atoms with E-state index in [2.05, 4.69) is 11.9 Å². The summed E-state index contributed by atoms with van der Waals surface area (Å²) in [5, 5.41) is 2.68. The van der Waals surface area contributed by atoms with Crippen molar-refractivity contribution in [1.29, 1.82) is 0 Å². The number of esters is 1. The molecule has 0 spiro atoms. The lowest BCUT2D eigenvalue weighted by Crippen LogP contribution is -2.33. The summed E-state index contributed by atoms with van der Waals surface area (Å²) in [5.74, 6) is -0.518. The molecule has 0 aliphatic heterocycles. The molecule has 1 N–H and O–H groups in total. The average Bonchev–Trinajstić information content (AvgIpc) is 2.35. The van der Waals surface area contributed by atoms with Crippen LogP contribution in [0.15, 0.2) is 12.2 Å². The van der Waals surface area contributed by atoms with Gasteiger partial charge in [0, 0.05) is 39.1 Å². The van der Waals surface area contributed by atoms with E-state index in [1.165, 1.54) is 13.8 Å². The Bertz CT molecular complexity index is 366. The molecule has 0 aliphatic carbocycles. The number of amides is 2. The zero-order chi connectivity index (χ0) is 15.5. The molecule has 0 rings (SSSR count). The number of carbonyl (C=O) groups excluding carboxylic acids is 3. The molecule has 0 aromatic heterocycles. The van der Waals surface area contributed by atoms with Gasteiger partial charge in [-0.1, -0.05) is 6.58 Å². The van der Waals surface area contributed by atoms with Gasteiger partial charge in [0.25, 0.3) is 0 Å². The van der Waals surface area contributed by atoms with Gasteiger partial charge in [0.15, 0.2) is 0 Å². The second-order valence-corrected chi connectivity index (χ2v) is 4.61. The molecule has 0 unspecified atom stereocenters. The molecule has 0 bridgehead atoms. The first-order chi connectivity index (χ1) is 9.34. The van der Waals surface area contributed by atoms with Crippen LogP contribution in [0, 0.1) is 0 Å². The highest BCUT2D eigenvalue weighted by Crippen LogP contribution is 1.98. The Morgan fingerprint density at radius 1 is 1.10 bits per heavy atom. The highest BCUT2D eigenvalue weighted by atomic mass is 16.5. The van der Waals surface area contributed by atoms with E-state index in [4.69, 9.17) is 4.74 Å². The van der Waals surface area contributed by atoms with Gasteiger partial charge >= 0.3 is 5.97 Å². The highest BCUT2D eigenvalue weighted by molar-refractivity contribution is 5.86. The Labute approximate surface area is 120 Å². The third-order valence-corrected chi connectivity index (χ3v) is 2.58. The molecule has 0 saturated carbocycles. The number of hydrogen-bond acceptors (Lipinski definition) is 4. The van der Waals surface area contributed by atoms with Gasteiger partial charge in [0.1, 0.15) is 0 Å². The summed E-state index contributed by atoms with van der Waals surface area (Å²) < 4.78 is 4.96. The molecule has 0 saturated heterocycles. The van der Waals surface area contributed by atoms with Crippen molar-refractivity contribution in [3.8, 4) is 0 Å². The molecule has 0 aromatic rings. The van der Waals surface area contributed by atoms with Crippen molar-refractivity contribution in [2.75, 3.05) is 26.2 Å². The van der Waals surface area contributed by atoms with E-state index in [0.717, 1.165) is 0 Å². The first kappa shape index (κ1) is 18.1. The minimum atomic E-state index is -0.412. The monoisotopic (exact) mass is 284 g/mol. The maximum Gasteiger partial charge on any atom is 0.333 e. The Morgan fingerprint density at radius 2 is 1.70 bits per heavy atom. The molecule has 6 heteroatoms. The topological polar surface area (TPSA) is 75.7 Å². The Morgan fingerprint density at radius 3 is 2.20 bits per heavy atom. The van der Waals surface area contributed by atoms with Crippen LogP contribution >= 0.6 is 0 Å². The molecule has 0 heterocycles. The normalized spacial score (nSPS) is 9.75. The number of rotatable bonds is 9. The lowest BCUT2D eigenvalue weighted by Gasteiger charge is -2.21. The van der Waals surface area contributed by atoms with Gasteiger partial charge in [-0.05, 0) is 19.8 Å². The van der Waals surface area contributed by atoms with E-state index < -0.39 is 5.97 Å². The van der Waals surface area contributed by atoms with E-state index in [0.29, 0.717) is 38.0 Å². The summed E-state index contributed by atoms with van der Waals surface area (Å²) in [6, 6.07) is 0. The average molecular weight is 284 g/mol. The van der Waals surface area contributed by atoms with Gasteiger partial charge < -0.3 is 15.0 Å². The molecule has 0 aliphatic rings. The van der Waals surface area contributed by atoms with Crippen LogP contribution in [0.4, 0.5) is 0 Å². The third kappa shape index (κ3) is 9.13. The fourth-order valence-electron chi connectivity index (χ4n) is 1.50. The number of ether oxygens (including phenoxy) is 1. The van der Waals surface area contributed by atoms with E-state index in [1.54, 1.807) is 11.8 Å². The SMILES string of the molecule is C=C(C)C(=O)OCCCN(CCCNC(C)=O)C(C)=O. The molecule has 0 radical (unpaired) electrons. The van der Waals surface area contributed by atoms with Crippen molar-refractivity contribution >= 4 is 17.8 Å². The van der Waals surface area contributed by atoms with Crippen molar-refractivity contribution in [2.24, 2.45) is 0 Å². The smallest absolute Gasteiger partial charge is 0.333 e. The molecular formula is C14H24N2O4. The number of nitrogens with one attached hydrogen (secondary N) is 1. The number of nitrogens with zero attached hydrogens (tertiary/aromatic N) is 1. The second-order valence-electron chi connectivity index (χ2n) is 4.61. The van der Waals surface area contributed by atoms with Crippen molar-refractivity contribution in [3.05, 3.63) is 12.2 Å². The summed E-state index contributed by atoms with van der Waals surface area (Å²) in [7, 11) is 0. The summed E-state index contributed by atoms with van der Waals surface area (Å²) >= 11 is 0. The Hall–Kier alpha value is -1.85. The maximum atomic E-state index is 11.4. The molecule has 0 atom stereocenters. The van der Waals surface area contributed by atoms with Gasteiger partial charge in [0.05, 0.1) is 6.61 Å². The van der Waals surface area contributed by atoms with Crippen LogP contribution in [0.5, 0.6) is 0 Å². The first-order valence-corrected chi connectivity index (χ1v) is 6.67. The number of carbonyl (C=O) groups is 3. The molecule has 6 nitrogen and oxygen atoms in total. The summed E-state index contributed by atoms with van der Waals surface area (Å²) in [4.78, 5) is 35.0. The summed E-state index contributed by atoms with van der Waals surface area (Å²) in [6.07, 6.45) is 1.28. The van der Waals surface area contributed by atoms with Crippen LogP contribution in [-0.2, 0) is 19.1 Å². The largest absolute Gasteiger partial charge is 0.462 e. The lowest BCUT2D eigenvalue weighted by atomic mass is 10.3. The summed E-state index contributed by atoms with van der Waals surface area (Å²) in [5.41, 5.74) is 0.365. The molecule has 0 fully saturated rings. The van der Waals surface area contributed by atoms with Crippen molar-refractivity contribution < 1.29 is 19.1 Å². The van der Waals surface area contributed by atoms with E-state index in [-0.39, 0.29) is 18.4 Å². The standard InChI is InChI=1S/C14H24N2O4/c1-11(2)14(19)20-10-6-9-16(13(4)18)8-5-7-15-12(3)17/h1,5-10H2,2-4H3,(H,15,17). The quantitative estimate of drug-likeness (QED) is 0.387. The predicted octanol–water partition coefficient (Wildman–Crippen LogP) is 0.870. The fourth-order valence-corrected chi connectivity index (χ4v) is 1.50. The molecular weight excluding hydrogens is 260 g/mol. The van der Waals surface area contributed by atoms with Crippen molar-refractivity contribution in [3.63, 3.8) is 0 Å². The molecule has 20 heavy (non-hydrogen) atoms. The van der Waals surface area contributed by atoms with Crippen molar-refractivity contribution in [1.82, 2.24) is 10.2 Å². The van der Waals surface area contributed by atoms with Crippen LogP contribution < -0.4 is 5.32 Å². The van der Waals surface area contributed by atoms with Crippen LogP contribution in [0.25, 0.3) is 0 Å². The molecule has 0 aromatic carbocycles. The first-order valence-electron chi connectivity index (χ1n) is 6.67. The van der Waals surface area contributed by atoms with Gasteiger partial charge in [-0.15, -0.1) is 0 Å². The minimum absolute atomic E-state index is 0.0287.